The van der Waals surface area contributed by atoms with E-state index in [1.54, 1.807) is 18.2 Å². The molecule has 0 unspecified atom stereocenters. The van der Waals surface area contributed by atoms with Crippen LogP contribution in [0.5, 0.6) is 11.5 Å². The molecule has 2 aromatic rings. The van der Waals surface area contributed by atoms with E-state index >= 15 is 0 Å². The Morgan fingerprint density at radius 3 is 2.25 bits per heavy atom. The molecule has 0 saturated carbocycles. The average Bonchev–Trinajstić information content (AvgIpc) is 2.67. The molecule has 0 bridgehead atoms. The van der Waals surface area contributed by atoms with E-state index in [9.17, 15) is 9.59 Å². The number of amides is 2. The minimum Gasteiger partial charge on any atom is -0.493 e. The summed E-state index contributed by atoms with van der Waals surface area (Å²) < 4.78 is 10.7. The van der Waals surface area contributed by atoms with Crippen LogP contribution in [-0.4, -0.2) is 25.5 Å². The highest BCUT2D eigenvalue weighted by Crippen LogP contribution is 2.27. The predicted octanol–water partition coefficient (Wildman–Crippen LogP) is 3.30. The van der Waals surface area contributed by atoms with Crippen molar-refractivity contribution in [3.63, 3.8) is 0 Å². The lowest BCUT2D eigenvalue weighted by Gasteiger charge is -2.12. The Balaban J connectivity index is 1.89. The van der Waals surface area contributed by atoms with E-state index in [1.165, 1.54) is 12.7 Å². The molecule has 0 saturated heterocycles. The number of nitrogens with one attached hydrogen (secondary N) is 2. The van der Waals surface area contributed by atoms with Crippen LogP contribution >= 0.6 is 0 Å². The number of hydrogen-bond donors (Lipinski definition) is 2. The van der Waals surface area contributed by atoms with Gasteiger partial charge in [-0.1, -0.05) is 38.1 Å². The van der Waals surface area contributed by atoms with Gasteiger partial charge in [0.05, 0.1) is 20.1 Å². The quantitative estimate of drug-likeness (QED) is 0.685. The van der Waals surface area contributed by atoms with E-state index in [4.69, 9.17) is 9.47 Å². The molecular formula is C22H28N2O4. The van der Waals surface area contributed by atoms with Crippen molar-refractivity contribution in [1.82, 2.24) is 10.9 Å². The standard InChI is InChI=1S/C22H28N2O4/c1-5-28-19-11-10-18(14-20(19)27-4)22(26)24-23-21(25)13-17-8-6-16(7-9-17)12-15(2)3/h6-11,14-15H,5,12-13H2,1-4H3,(H,23,25)(H,24,26). The fraction of sp³-hybridized carbons (Fsp3) is 0.364. The maximum Gasteiger partial charge on any atom is 0.269 e. The molecule has 2 amide bonds. The van der Waals surface area contributed by atoms with Crippen LogP contribution in [0, 0.1) is 5.92 Å². The molecule has 6 heteroatoms. The van der Waals surface area contributed by atoms with Gasteiger partial charge in [-0.15, -0.1) is 0 Å². The van der Waals surface area contributed by atoms with Gasteiger partial charge in [0.2, 0.25) is 5.91 Å². The van der Waals surface area contributed by atoms with Gasteiger partial charge in [0.15, 0.2) is 11.5 Å². The molecule has 150 valence electrons. The summed E-state index contributed by atoms with van der Waals surface area (Å²) in [4.78, 5) is 24.4. The molecule has 0 atom stereocenters. The van der Waals surface area contributed by atoms with Crippen molar-refractivity contribution in [2.24, 2.45) is 5.92 Å². The summed E-state index contributed by atoms with van der Waals surface area (Å²) in [7, 11) is 1.51. The topological polar surface area (TPSA) is 76.7 Å². The van der Waals surface area contributed by atoms with Crippen LogP contribution < -0.4 is 20.3 Å². The molecule has 28 heavy (non-hydrogen) atoms. The molecule has 2 N–H and O–H groups in total. The second-order valence-corrected chi connectivity index (χ2v) is 6.89. The van der Waals surface area contributed by atoms with Gasteiger partial charge < -0.3 is 9.47 Å². The third kappa shape index (κ3) is 6.30. The van der Waals surface area contributed by atoms with Crippen molar-refractivity contribution in [3.05, 3.63) is 59.2 Å². The minimum atomic E-state index is -0.429. The van der Waals surface area contributed by atoms with Gasteiger partial charge >= 0.3 is 0 Å². The van der Waals surface area contributed by atoms with Gasteiger partial charge in [-0.05, 0) is 48.6 Å². The van der Waals surface area contributed by atoms with Crippen LogP contribution in [0.3, 0.4) is 0 Å². The number of carbonyl (C=O) groups is 2. The smallest absolute Gasteiger partial charge is 0.269 e. The second kappa shape index (κ2) is 10.3. The maximum atomic E-state index is 12.3. The average molecular weight is 384 g/mol. The Morgan fingerprint density at radius 2 is 1.64 bits per heavy atom. The third-order valence-electron chi connectivity index (χ3n) is 4.07. The maximum absolute atomic E-state index is 12.3. The van der Waals surface area contributed by atoms with Crippen LogP contribution in [0.15, 0.2) is 42.5 Å². The summed E-state index contributed by atoms with van der Waals surface area (Å²) >= 11 is 0. The first-order chi connectivity index (χ1) is 13.4. The van der Waals surface area contributed by atoms with Crippen molar-refractivity contribution in [3.8, 4) is 11.5 Å². The fourth-order valence-corrected chi connectivity index (χ4v) is 2.78. The Morgan fingerprint density at radius 1 is 0.964 bits per heavy atom. The molecule has 0 fully saturated rings. The third-order valence-corrected chi connectivity index (χ3v) is 4.07. The second-order valence-electron chi connectivity index (χ2n) is 6.89. The first-order valence-electron chi connectivity index (χ1n) is 9.40. The molecule has 0 aliphatic rings. The van der Waals surface area contributed by atoms with Gasteiger partial charge in [-0.25, -0.2) is 0 Å². The summed E-state index contributed by atoms with van der Waals surface area (Å²) in [6.07, 6.45) is 1.20. The van der Waals surface area contributed by atoms with Crippen molar-refractivity contribution in [1.29, 1.82) is 0 Å². The molecule has 2 rings (SSSR count). The SMILES string of the molecule is CCOc1ccc(C(=O)NNC(=O)Cc2ccc(CC(C)C)cc2)cc1OC. The minimum absolute atomic E-state index is 0.189. The normalized spacial score (nSPS) is 10.5. The lowest BCUT2D eigenvalue weighted by molar-refractivity contribution is -0.121. The van der Waals surface area contributed by atoms with E-state index < -0.39 is 5.91 Å². The number of methoxy groups -OCH3 is 1. The number of carbonyl (C=O) groups excluding carboxylic acids is 2. The summed E-state index contributed by atoms with van der Waals surface area (Å²) in [6, 6.07) is 12.8. The van der Waals surface area contributed by atoms with Crippen LogP contribution in [0.4, 0.5) is 0 Å². The van der Waals surface area contributed by atoms with Crippen molar-refractivity contribution >= 4 is 11.8 Å². The Bertz CT molecular complexity index is 801. The van der Waals surface area contributed by atoms with Gasteiger partial charge in [-0.2, -0.15) is 0 Å². The largest absolute Gasteiger partial charge is 0.493 e. The molecule has 0 aromatic heterocycles. The Labute approximate surface area is 166 Å². The molecule has 0 aliphatic heterocycles. The number of hydrogen-bond acceptors (Lipinski definition) is 4. The van der Waals surface area contributed by atoms with Crippen LogP contribution in [-0.2, 0) is 17.6 Å². The number of rotatable bonds is 8. The lowest BCUT2D eigenvalue weighted by Crippen LogP contribution is -2.42. The summed E-state index contributed by atoms with van der Waals surface area (Å²) in [5.41, 5.74) is 7.37. The lowest BCUT2D eigenvalue weighted by atomic mass is 10.0. The van der Waals surface area contributed by atoms with Gasteiger partial charge in [0, 0.05) is 5.56 Å². The molecule has 0 spiro atoms. The van der Waals surface area contributed by atoms with Gasteiger partial charge in [-0.3, -0.25) is 20.4 Å². The molecule has 2 aromatic carbocycles. The molecular weight excluding hydrogens is 356 g/mol. The predicted molar refractivity (Wildman–Crippen MR) is 108 cm³/mol. The van der Waals surface area contributed by atoms with Crippen molar-refractivity contribution in [2.75, 3.05) is 13.7 Å². The molecule has 6 nitrogen and oxygen atoms in total. The van der Waals surface area contributed by atoms with Crippen molar-refractivity contribution < 1.29 is 19.1 Å². The summed E-state index contributed by atoms with van der Waals surface area (Å²) in [5.74, 6) is 0.893. The molecule has 0 radical (unpaired) electrons. The fourth-order valence-electron chi connectivity index (χ4n) is 2.78. The van der Waals surface area contributed by atoms with Crippen LogP contribution in [0.2, 0.25) is 0 Å². The van der Waals surface area contributed by atoms with E-state index in [0.29, 0.717) is 29.6 Å². The summed E-state index contributed by atoms with van der Waals surface area (Å²) in [5, 5.41) is 0. The number of hydrazine groups is 1. The van der Waals surface area contributed by atoms with Gasteiger partial charge in [0.1, 0.15) is 0 Å². The van der Waals surface area contributed by atoms with E-state index in [0.717, 1.165) is 12.0 Å². The van der Waals surface area contributed by atoms with Gasteiger partial charge in [0.25, 0.3) is 5.91 Å². The monoisotopic (exact) mass is 384 g/mol. The Kier molecular flexibility index (Phi) is 7.87. The number of benzene rings is 2. The highest BCUT2D eigenvalue weighted by molar-refractivity contribution is 5.96. The van der Waals surface area contributed by atoms with E-state index in [-0.39, 0.29) is 12.3 Å². The highest BCUT2D eigenvalue weighted by atomic mass is 16.5. The summed E-state index contributed by atoms with van der Waals surface area (Å²) in [6.45, 7) is 6.71. The zero-order valence-corrected chi connectivity index (χ0v) is 16.9. The highest BCUT2D eigenvalue weighted by Gasteiger charge is 2.12. The first-order valence-corrected chi connectivity index (χ1v) is 9.40. The number of ether oxygens (including phenoxy) is 2. The zero-order valence-electron chi connectivity index (χ0n) is 16.9. The van der Waals surface area contributed by atoms with Crippen LogP contribution in [0.25, 0.3) is 0 Å². The molecule has 0 heterocycles. The van der Waals surface area contributed by atoms with Crippen molar-refractivity contribution in [2.45, 2.75) is 33.6 Å². The van der Waals surface area contributed by atoms with E-state index in [2.05, 4.69) is 24.7 Å². The molecule has 0 aliphatic carbocycles. The Hall–Kier alpha value is -3.02. The first kappa shape index (κ1) is 21.3. The van der Waals surface area contributed by atoms with Crippen LogP contribution in [0.1, 0.15) is 42.3 Å². The van der Waals surface area contributed by atoms with E-state index in [1.807, 2.05) is 31.2 Å². The zero-order chi connectivity index (χ0) is 20.5.